The molecule has 8 heteroatoms. The third kappa shape index (κ3) is 6.49. The predicted octanol–water partition coefficient (Wildman–Crippen LogP) is 3.63. The number of rotatable bonds is 11. The summed E-state index contributed by atoms with van der Waals surface area (Å²) in [7, 11) is 3.79. The van der Waals surface area contributed by atoms with E-state index >= 15 is 0 Å². The number of fused-ring (bicyclic) bond motifs is 1. The largest absolute Gasteiger partial charge is 0.506 e. The number of hydrogen-bond acceptors (Lipinski definition) is 7. The van der Waals surface area contributed by atoms with Crippen molar-refractivity contribution in [2.75, 3.05) is 20.7 Å². The standard InChI is InChI=1S/C27H31N3O4S/c1-30(17-21-8-3-4-9-23(21)34-2)16-19-7-5-6-18(14-19)12-13-28-24(32)15-20-10-11-22(31)25-26(20)35-27(33)29-25/h3-11,14,24,28,31-32H,12-13,15-17H2,1-2H3,(H,29,33). The highest BCUT2D eigenvalue weighted by Gasteiger charge is 2.13. The summed E-state index contributed by atoms with van der Waals surface area (Å²) in [5.41, 5.74) is 4.83. The summed E-state index contributed by atoms with van der Waals surface area (Å²) in [4.78, 5) is 16.4. The van der Waals surface area contributed by atoms with Crippen molar-refractivity contribution in [2.24, 2.45) is 0 Å². The maximum absolute atomic E-state index is 11.7. The van der Waals surface area contributed by atoms with Crippen LogP contribution in [0.5, 0.6) is 11.5 Å². The molecule has 4 aromatic rings. The smallest absolute Gasteiger partial charge is 0.305 e. The fraction of sp³-hybridized carbons (Fsp3) is 0.296. The second-order valence-electron chi connectivity index (χ2n) is 8.69. The van der Waals surface area contributed by atoms with Gasteiger partial charge in [0.1, 0.15) is 23.2 Å². The van der Waals surface area contributed by atoms with Gasteiger partial charge in [0.25, 0.3) is 0 Å². The first kappa shape index (κ1) is 24.9. The van der Waals surface area contributed by atoms with Crippen LogP contribution in [-0.2, 0) is 25.9 Å². The van der Waals surface area contributed by atoms with Gasteiger partial charge in [0, 0.05) is 31.6 Å². The molecule has 0 saturated heterocycles. The molecular weight excluding hydrogens is 462 g/mol. The summed E-state index contributed by atoms with van der Waals surface area (Å²) in [5.74, 6) is 0.939. The van der Waals surface area contributed by atoms with Gasteiger partial charge in [0.2, 0.25) is 0 Å². The Balaban J connectivity index is 1.29. The Morgan fingerprint density at radius 2 is 1.86 bits per heavy atom. The summed E-state index contributed by atoms with van der Waals surface area (Å²) >= 11 is 1.04. The van der Waals surface area contributed by atoms with Gasteiger partial charge in [-0.25, -0.2) is 0 Å². The molecule has 4 N–H and O–H groups in total. The van der Waals surface area contributed by atoms with Gasteiger partial charge in [-0.15, -0.1) is 0 Å². The number of thiazole rings is 1. The first-order valence-corrected chi connectivity index (χ1v) is 12.4. The Morgan fingerprint density at radius 3 is 2.69 bits per heavy atom. The third-order valence-electron chi connectivity index (χ3n) is 5.92. The predicted molar refractivity (Wildman–Crippen MR) is 140 cm³/mol. The molecule has 0 saturated carbocycles. The van der Waals surface area contributed by atoms with E-state index in [1.807, 2.05) is 18.2 Å². The van der Waals surface area contributed by atoms with E-state index in [4.69, 9.17) is 4.74 Å². The highest BCUT2D eigenvalue weighted by molar-refractivity contribution is 7.16. The normalized spacial score (nSPS) is 12.3. The summed E-state index contributed by atoms with van der Waals surface area (Å²) < 4.78 is 6.15. The maximum atomic E-state index is 11.7. The van der Waals surface area contributed by atoms with Gasteiger partial charge < -0.3 is 19.9 Å². The fourth-order valence-corrected chi connectivity index (χ4v) is 5.15. The average Bonchev–Trinajstić information content (AvgIpc) is 3.24. The number of aromatic hydroxyl groups is 1. The number of ether oxygens (including phenoxy) is 1. The molecule has 0 radical (unpaired) electrons. The number of nitrogens with zero attached hydrogens (tertiary/aromatic N) is 1. The van der Waals surface area contributed by atoms with E-state index in [1.54, 1.807) is 19.2 Å². The number of phenolic OH excluding ortho intramolecular Hbond substituents is 1. The Hall–Kier alpha value is -3.17. The quantitative estimate of drug-likeness (QED) is 0.238. The van der Waals surface area contributed by atoms with Crippen LogP contribution in [0, 0.1) is 0 Å². The molecule has 1 heterocycles. The molecule has 0 aliphatic carbocycles. The van der Waals surface area contributed by atoms with Gasteiger partial charge in [-0.05, 0) is 42.3 Å². The lowest BCUT2D eigenvalue weighted by atomic mass is 10.1. The van der Waals surface area contributed by atoms with Crippen LogP contribution < -0.4 is 14.9 Å². The number of aliphatic hydroxyl groups is 1. The van der Waals surface area contributed by atoms with Gasteiger partial charge in [-0.3, -0.25) is 15.0 Å². The van der Waals surface area contributed by atoms with Crippen LogP contribution >= 0.6 is 11.3 Å². The molecule has 35 heavy (non-hydrogen) atoms. The van der Waals surface area contributed by atoms with Crippen molar-refractivity contribution in [3.63, 3.8) is 0 Å². The second kappa shape index (κ2) is 11.5. The summed E-state index contributed by atoms with van der Waals surface area (Å²) in [6, 6.07) is 19.9. The molecule has 0 aliphatic heterocycles. The van der Waals surface area contributed by atoms with Crippen molar-refractivity contribution in [1.82, 2.24) is 15.2 Å². The lowest BCUT2D eigenvalue weighted by Crippen LogP contribution is -2.32. The van der Waals surface area contributed by atoms with Gasteiger partial charge >= 0.3 is 4.87 Å². The molecule has 4 rings (SSSR count). The number of benzene rings is 3. The molecule has 0 fully saturated rings. The van der Waals surface area contributed by atoms with E-state index in [2.05, 4.69) is 52.6 Å². The number of hydrogen-bond donors (Lipinski definition) is 4. The lowest BCUT2D eigenvalue weighted by Gasteiger charge is -2.19. The van der Waals surface area contributed by atoms with Gasteiger partial charge in [-0.1, -0.05) is 59.9 Å². The number of phenols is 1. The second-order valence-corrected chi connectivity index (χ2v) is 9.67. The Bertz CT molecular complexity index is 1330. The minimum atomic E-state index is -0.755. The fourth-order valence-electron chi connectivity index (χ4n) is 4.27. The van der Waals surface area contributed by atoms with Gasteiger partial charge in [-0.2, -0.15) is 0 Å². The van der Waals surface area contributed by atoms with Crippen molar-refractivity contribution in [3.05, 3.63) is 92.6 Å². The molecule has 0 aliphatic rings. The summed E-state index contributed by atoms with van der Waals surface area (Å²) in [6.45, 7) is 2.23. The Kier molecular flexibility index (Phi) is 8.20. The van der Waals surface area contributed by atoms with Crippen molar-refractivity contribution in [3.8, 4) is 11.5 Å². The SMILES string of the molecule is COc1ccccc1CN(C)Cc1cccc(CCNC(O)Cc2ccc(O)c3[nH]c(=O)sc23)c1. The van der Waals surface area contributed by atoms with Crippen LogP contribution in [0.2, 0.25) is 0 Å². The summed E-state index contributed by atoms with van der Waals surface area (Å²) in [6.07, 6.45) is 0.372. The van der Waals surface area contributed by atoms with Crippen molar-refractivity contribution in [1.29, 1.82) is 0 Å². The van der Waals surface area contributed by atoms with Crippen LogP contribution in [0.1, 0.15) is 22.3 Å². The number of aromatic nitrogens is 1. The number of aromatic amines is 1. The number of para-hydroxylation sites is 1. The first-order valence-electron chi connectivity index (χ1n) is 11.6. The van der Waals surface area contributed by atoms with Crippen LogP contribution in [0.3, 0.4) is 0 Å². The molecule has 0 amide bonds. The molecule has 1 aromatic heterocycles. The molecule has 3 aromatic carbocycles. The van der Waals surface area contributed by atoms with E-state index in [9.17, 15) is 15.0 Å². The topological polar surface area (TPSA) is 97.8 Å². The number of nitrogens with one attached hydrogen (secondary N) is 2. The molecule has 1 atom stereocenters. The number of aliphatic hydroxyl groups excluding tert-OH is 1. The Morgan fingerprint density at radius 1 is 1.06 bits per heavy atom. The van der Waals surface area contributed by atoms with Crippen LogP contribution in [-0.4, -0.2) is 47.0 Å². The van der Waals surface area contributed by atoms with Crippen LogP contribution in [0.25, 0.3) is 10.2 Å². The number of methoxy groups -OCH3 is 1. The van der Waals surface area contributed by atoms with Crippen molar-refractivity contribution >= 4 is 21.6 Å². The van der Waals surface area contributed by atoms with Crippen molar-refractivity contribution in [2.45, 2.75) is 32.2 Å². The van der Waals surface area contributed by atoms with Crippen LogP contribution in [0.4, 0.5) is 0 Å². The van der Waals surface area contributed by atoms with Gasteiger partial charge in [0.15, 0.2) is 0 Å². The number of H-pyrrole nitrogens is 1. The zero-order valence-corrected chi connectivity index (χ0v) is 20.8. The third-order valence-corrected chi connectivity index (χ3v) is 6.88. The first-order chi connectivity index (χ1) is 16.9. The van der Waals surface area contributed by atoms with Crippen LogP contribution in [0.15, 0.2) is 65.5 Å². The maximum Gasteiger partial charge on any atom is 0.305 e. The minimum absolute atomic E-state index is 0.0398. The average molecular weight is 494 g/mol. The van der Waals surface area contributed by atoms with Gasteiger partial charge in [0.05, 0.1) is 11.8 Å². The monoisotopic (exact) mass is 493 g/mol. The minimum Gasteiger partial charge on any atom is -0.506 e. The van der Waals surface area contributed by atoms with E-state index in [1.165, 1.54) is 11.1 Å². The molecule has 0 spiro atoms. The van der Waals surface area contributed by atoms with E-state index < -0.39 is 6.23 Å². The molecule has 184 valence electrons. The van der Waals surface area contributed by atoms with Crippen molar-refractivity contribution < 1.29 is 14.9 Å². The highest BCUT2D eigenvalue weighted by atomic mass is 32.1. The lowest BCUT2D eigenvalue weighted by molar-refractivity contribution is 0.138. The van der Waals surface area contributed by atoms with E-state index in [0.29, 0.717) is 23.2 Å². The zero-order valence-electron chi connectivity index (χ0n) is 20.0. The molecule has 0 bridgehead atoms. The molecule has 7 nitrogen and oxygen atoms in total. The molecule has 1 unspecified atom stereocenters. The van der Waals surface area contributed by atoms with E-state index in [0.717, 1.165) is 47.7 Å². The Labute approximate surface area is 208 Å². The molecular formula is C27H31N3O4S. The van der Waals surface area contributed by atoms with E-state index in [-0.39, 0.29) is 10.6 Å². The zero-order chi connectivity index (χ0) is 24.8. The summed E-state index contributed by atoms with van der Waals surface area (Å²) in [5, 5.41) is 23.6. The highest BCUT2D eigenvalue weighted by Crippen LogP contribution is 2.28.